The van der Waals surface area contributed by atoms with Gasteiger partial charge in [0.2, 0.25) is 0 Å². The van der Waals surface area contributed by atoms with Crippen molar-refractivity contribution in [3.05, 3.63) is 16.7 Å². The van der Waals surface area contributed by atoms with Crippen LogP contribution in [0.5, 0.6) is 0 Å². The van der Waals surface area contributed by atoms with Gasteiger partial charge < -0.3 is 9.67 Å². The highest BCUT2D eigenvalue weighted by molar-refractivity contribution is 6.30. The monoisotopic (exact) mass is 268 g/mol. The van der Waals surface area contributed by atoms with Crippen LogP contribution in [0.2, 0.25) is 5.15 Å². The molecule has 1 saturated carbocycles. The van der Waals surface area contributed by atoms with Crippen molar-refractivity contribution < 1.29 is 9.90 Å². The number of carboxylic acids is 1. The van der Waals surface area contributed by atoms with Crippen LogP contribution in [0.3, 0.4) is 0 Å². The zero-order valence-corrected chi connectivity index (χ0v) is 11.0. The molecule has 3 rings (SSSR count). The van der Waals surface area contributed by atoms with Crippen LogP contribution in [0, 0.1) is 0 Å². The van der Waals surface area contributed by atoms with E-state index in [-0.39, 0.29) is 0 Å². The van der Waals surface area contributed by atoms with Gasteiger partial charge in [-0.05, 0) is 32.1 Å². The van der Waals surface area contributed by atoms with Crippen molar-refractivity contribution in [3.63, 3.8) is 0 Å². The fourth-order valence-corrected chi connectivity index (χ4v) is 3.60. The topological polar surface area (TPSA) is 55.1 Å². The number of fused-ring (bicyclic) bond motifs is 1. The summed E-state index contributed by atoms with van der Waals surface area (Å²) in [4.78, 5) is 15.9. The molecule has 1 aliphatic heterocycles. The normalized spacial score (nSPS) is 24.2. The van der Waals surface area contributed by atoms with E-state index >= 15 is 0 Å². The molecule has 1 aliphatic carbocycles. The summed E-state index contributed by atoms with van der Waals surface area (Å²) in [5.41, 5.74) is 0.928. The summed E-state index contributed by atoms with van der Waals surface area (Å²) in [6.45, 7) is 0. The molecule has 0 spiro atoms. The van der Waals surface area contributed by atoms with Crippen LogP contribution in [0.15, 0.2) is 0 Å². The lowest BCUT2D eigenvalue weighted by molar-refractivity contribution is -0.141. The Balaban J connectivity index is 2.07. The standard InChI is InChI=1S/C13H17ClN2O2/c14-11-9-6-3-7-10(13(17)18)16(9)12(15-11)8-4-1-2-5-8/h8,10H,1-7H2,(H,17,18). The van der Waals surface area contributed by atoms with Crippen LogP contribution in [-0.4, -0.2) is 20.6 Å². The molecular weight excluding hydrogens is 252 g/mol. The molecule has 18 heavy (non-hydrogen) atoms. The minimum absolute atomic E-state index is 0.399. The third-order valence-corrected chi connectivity index (χ3v) is 4.50. The van der Waals surface area contributed by atoms with Crippen molar-refractivity contribution in [3.8, 4) is 0 Å². The highest BCUT2D eigenvalue weighted by Gasteiger charge is 2.34. The van der Waals surface area contributed by atoms with E-state index in [0.29, 0.717) is 17.5 Å². The third kappa shape index (κ3) is 1.83. The van der Waals surface area contributed by atoms with Crippen LogP contribution < -0.4 is 0 Å². The lowest BCUT2D eigenvalue weighted by Crippen LogP contribution is -2.27. The van der Waals surface area contributed by atoms with Crippen molar-refractivity contribution in [2.45, 2.75) is 56.9 Å². The van der Waals surface area contributed by atoms with E-state index in [1.54, 1.807) is 0 Å². The molecule has 0 saturated heterocycles. The molecule has 5 heteroatoms. The maximum absolute atomic E-state index is 11.4. The number of aliphatic carboxylic acids is 1. The summed E-state index contributed by atoms with van der Waals surface area (Å²) < 4.78 is 1.92. The number of hydrogen-bond acceptors (Lipinski definition) is 2. The lowest BCUT2D eigenvalue weighted by atomic mass is 10.0. The fraction of sp³-hybridized carbons (Fsp3) is 0.692. The summed E-state index contributed by atoms with van der Waals surface area (Å²) in [6.07, 6.45) is 7.06. The van der Waals surface area contributed by atoms with Crippen LogP contribution in [-0.2, 0) is 11.2 Å². The van der Waals surface area contributed by atoms with Gasteiger partial charge in [0, 0.05) is 5.92 Å². The van der Waals surface area contributed by atoms with Crippen molar-refractivity contribution in [1.82, 2.24) is 9.55 Å². The number of aromatic nitrogens is 2. The molecule has 0 amide bonds. The number of rotatable bonds is 2. The second-order valence-electron chi connectivity index (χ2n) is 5.31. The summed E-state index contributed by atoms with van der Waals surface area (Å²) in [5, 5.41) is 9.89. The molecule has 1 aromatic rings. The Hall–Kier alpha value is -1.03. The van der Waals surface area contributed by atoms with Gasteiger partial charge in [-0.1, -0.05) is 24.4 Å². The van der Waals surface area contributed by atoms with Gasteiger partial charge in [-0.3, -0.25) is 0 Å². The predicted molar refractivity (Wildman–Crippen MR) is 68.1 cm³/mol. The first-order valence-electron chi connectivity index (χ1n) is 6.67. The molecule has 0 bridgehead atoms. The Morgan fingerprint density at radius 2 is 2.00 bits per heavy atom. The first kappa shape index (κ1) is 12.0. The van der Waals surface area contributed by atoms with Gasteiger partial charge in [-0.15, -0.1) is 0 Å². The quantitative estimate of drug-likeness (QED) is 0.896. The van der Waals surface area contributed by atoms with E-state index in [2.05, 4.69) is 4.98 Å². The molecule has 4 nitrogen and oxygen atoms in total. The molecule has 1 aromatic heterocycles. The van der Waals surface area contributed by atoms with Crippen LogP contribution >= 0.6 is 11.6 Å². The Bertz CT molecular complexity index is 478. The predicted octanol–water partition coefficient (Wildman–Crippen LogP) is 3.16. The zero-order chi connectivity index (χ0) is 12.7. The van der Waals surface area contributed by atoms with Gasteiger partial charge in [-0.25, -0.2) is 9.78 Å². The van der Waals surface area contributed by atoms with Gasteiger partial charge in [0.25, 0.3) is 0 Å². The van der Waals surface area contributed by atoms with Gasteiger partial charge in [-0.2, -0.15) is 0 Å². The van der Waals surface area contributed by atoms with Crippen LogP contribution in [0.25, 0.3) is 0 Å². The molecule has 0 radical (unpaired) electrons. The molecule has 0 aromatic carbocycles. The summed E-state index contributed by atoms with van der Waals surface area (Å²) >= 11 is 6.19. The summed E-state index contributed by atoms with van der Waals surface area (Å²) in [5.74, 6) is 0.556. The highest BCUT2D eigenvalue weighted by Crippen LogP contribution is 2.39. The number of imidazole rings is 1. The van der Waals surface area contributed by atoms with Gasteiger partial charge in [0.05, 0.1) is 5.69 Å². The van der Waals surface area contributed by atoms with Crippen molar-refractivity contribution in [2.75, 3.05) is 0 Å². The Morgan fingerprint density at radius 1 is 1.28 bits per heavy atom. The van der Waals surface area contributed by atoms with Gasteiger partial charge in [0.1, 0.15) is 11.9 Å². The number of hydrogen-bond donors (Lipinski definition) is 1. The van der Waals surface area contributed by atoms with Crippen LogP contribution in [0.1, 0.15) is 62.0 Å². The first-order valence-corrected chi connectivity index (χ1v) is 7.05. The zero-order valence-electron chi connectivity index (χ0n) is 10.2. The van der Waals surface area contributed by atoms with E-state index in [1.165, 1.54) is 12.8 Å². The van der Waals surface area contributed by atoms with Crippen LogP contribution in [0.4, 0.5) is 0 Å². The van der Waals surface area contributed by atoms with Gasteiger partial charge >= 0.3 is 5.97 Å². The molecule has 1 unspecified atom stereocenters. The highest BCUT2D eigenvalue weighted by atomic mass is 35.5. The molecule has 2 heterocycles. The minimum Gasteiger partial charge on any atom is -0.480 e. The second kappa shape index (κ2) is 4.57. The average Bonchev–Trinajstić information content (AvgIpc) is 2.97. The van der Waals surface area contributed by atoms with E-state index in [4.69, 9.17) is 11.6 Å². The van der Waals surface area contributed by atoms with Crippen molar-refractivity contribution >= 4 is 17.6 Å². The molecule has 1 atom stereocenters. The van der Waals surface area contributed by atoms with E-state index in [9.17, 15) is 9.90 Å². The molecule has 2 aliphatic rings. The smallest absolute Gasteiger partial charge is 0.326 e. The SMILES string of the molecule is O=C(O)C1CCCc2c(Cl)nc(C3CCCC3)n21. The molecular formula is C13H17ClN2O2. The maximum atomic E-state index is 11.4. The Labute approximate surface area is 111 Å². The Kier molecular flexibility index (Phi) is 3.06. The number of carbonyl (C=O) groups is 1. The summed E-state index contributed by atoms with van der Waals surface area (Å²) in [6, 6.07) is -0.468. The maximum Gasteiger partial charge on any atom is 0.326 e. The summed E-state index contributed by atoms with van der Waals surface area (Å²) in [7, 11) is 0. The second-order valence-corrected chi connectivity index (χ2v) is 5.66. The number of nitrogens with zero attached hydrogens (tertiary/aromatic N) is 2. The lowest BCUT2D eigenvalue weighted by Gasteiger charge is -2.25. The number of halogens is 1. The number of carboxylic acid groups (broad SMARTS) is 1. The largest absolute Gasteiger partial charge is 0.480 e. The van der Waals surface area contributed by atoms with E-state index in [1.807, 2.05) is 4.57 Å². The molecule has 1 N–H and O–H groups in total. The third-order valence-electron chi connectivity index (χ3n) is 4.20. The molecule has 98 valence electrons. The van der Waals surface area contributed by atoms with Crippen molar-refractivity contribution in [2.24, 2.45) is 0 Å². The van der Waals surface area contributed by atoms with Crippen molar-refractivity contribution in [1.29, 1.82) is 0 Å². The van der Waals surface area contributed by atoms with E-state index < -0.39 is 12.0 Å². The first-order chi connectivity index (χ1) is 8.68. The van der Waals surface area contributed by atoms with E-state index in [0.717, 1.165) is 37.2 Å². The minimum atomic E-state index is -0.760. The molecule has 1 fully saturated rings. The Morgan fingerprint density at radius 3 is 2.67 bits per heavy atom. The van der Waals surface area contributed by atoms with Gasteiger partial charge in [0.15, 0.2) is 5.15 Å². The average molecular weight is 269 g/mol. The fourth-order valence-electron chi connectivity index (χ4n) is 3.33.